The summed E-state index contributed by atoms with van der Waals surface area (Å²) >= 11 is 5.25. The molecule has 2 heterocycles. The van der Waals surface area contributed by atoms with E-state index in [4.69, 9.17) is 0 Å². The number of nitrogens with zero attached hydrogens (tertiary/aromatic N) is 3. The minimum Gasteiger partial charge on any atom is -0.236 e. The Morgan fingerprint density at radius 3 is 2.89 bits per heavy atom. The van der Waals surface area contributed by atoms with Crippen LogP contribution in [-0.4, -0.2) is 20.5 Å². The predicted molar refractivity (Wildman–Crippen MR) is 77.4 cm³/mol. The third kappa shape index (κ3) is 2.47. The fourth-order valence-corrected chi connectivity index (χ4v) is 3.03. The fourth-order valence-electron chi connectivity index (χ4n) is 1.94. The van der Waals surface area contributed by atoms with Gasteiger partial charge in [0.15, 0.2) is 5.82 Å². The molecule has 1 saturated carbocycles. The van der Waals surface area contributed by atoms with Gasteiger partial charge in [-0.25, -0.2) is 9.67 Å². The Bertz CT molecular complexity index is 563. The number of hydrogen-bond acceptors (Lipinski definition) is 3. The molecule has 0 unspecified atom stereocenters. The zero-order valence-electron chi connectivity index (χ0n) is 10.1. The summed E-state index contributed by atoms with van der Waals surface area (Å²) in [6, 6.07) is 2.28. The van der Waals surface area contributed by atoms with E-state index in [-0.39, 0.29) is 0 Å². The molecule has 3 nitrogen and oxygen atoms in total. The van der Waals surface area contributed by atoms with E-state index in [1.807, 2.05) is 28.8 Å². The number of pyridine rings is 1. The van der Waals surface area contributed by atoms with Crippen molar-refractivity contribution in [3.05, 3.63) is 34.7 Å². The Kier molecular flexibility index (Phi) is 3.43. The third-order valence-electron chi connectivity index (χ3n) is 2.97. The topological polar surface area (TPSA) is 30.7 Å². The van der Waals surface area contributed by atoms with Crippen molar-refractivity contribution in [1.29, 1.82) is 0 Å². The largest absolute Gasteiger partial charge is 0.236 e. The molecule has 0 amide bonds. The second-order valence-electron chi connectivity index (χ2n) is 4.40. The van der Waals surface area contributed by atoms with Gasteiger partial charge in [0.2, 0.25) is 0 Å². The van der Waals surface area contributed by atoms with Gasteiger partial charge in [-0.3, -0.25) is 0 Å². The highest BCUT2D eigenvalue weighted by Crippen LogP contribution is 2.41. The molecule has 0 aliphatic heterocycles. The molecule has 18 heavy (non-hydrogen) atoms. The van der Waals surface area contributed by atoms with E-state index in [2.05, 4.69) is 39.0 Å². The van der Waals surface area contributed by atoms with E-state index in [0.29, 0.717) is 0 Å². The van der Waals surface area contributed by atoms with Gasteiger partial charge in [-0.1, -0.05) is 6.92 Å². The molecule has 1 fully saturated rings. The summed E-state index contributed by atoms with van der Waals surface area (Å²) in [5.74, 6) is 2.72. The van der Waals surface area contributed by atoms with Gasteiger partial charge in [0.05, 0.1) is 15.6 Å². The summed E-state index contributed by atoms with van der Waals surface area (Å²) < 4.78 is 2.81. The molecule has 94 valence electrons. The van der Waals surface area contributed by atoms with E-state index >= 15 is 0 Å². The lowest BCUT2D eigenvalue weighted by atomic mass is 10.2. The lowest BCUT2D eigenvalue weighted by molar-refractivity contribution is 0.819. The van der Waals surface area contributed by atoms with Gasteiger partial charge in [-0.05, 0) is 52.1 Å². The van der Waals surface area contributed by atoms with E-state index < -0.39 is 0 Å². The van der Waals surface area contributed by atoms with E-state index in [0.717, 1.165) is 22.0 Å². The van der Waals surface area contributed by atoms with Crippen molar-refractivity contribution in [2.24, 2.45) is 0 Å². The Labute approximate surface area is 119 Å². The average Bonchev–Trinajstić information content (AvgIpc) is 3.13. The molecule has 0 spiro atoms. The maximum atomic E-state index is 4.60. The molecule has 0 aromatic carbocycles. The standard InChI is InChI=1S/C13H14BrN3S/c1-2-18-12-5-10(9-3-4-9)6-15-13(12)17-8-11(14)7-16-17/h5-9H,2-4H2,1H3. The summed E-state index contributed by atoms with van der Waals surface area (Å²) in [5.41, 5.74) is 1.38. The van der Waals surface area contributed by atoms with E-state index in [1.54, 1.807) is 6.20 Å². The molecule has 0 atom stereocenters. The highest BCUT2D eigenvalue weighted by Gasteiger charge is 2.25. The molecule has 2 aromatic heterocycles. The van der Waals surface area contributed by atoms with Gasteiger partial charge < -0.3 is 0 Å². The van der Waals surface area contributed by atoms with Crippen molar-refractivity contribution >= 4 is 27.7 Å². The zero-order valence-corrected chi connectivity index (χ0v) is 12.5. The van der Waals surface area contributed by atoms with Crippen LogP contribution in [0.4, 0.5) is 0 Å². The van der Waals surface area contributed by atoms with Gasteiger partial charge >= 0.3 is 0 Å². The SMILES string of the molecule is CCSc1cc(C2CC2)cnc1-n1cc(Br)cn1. The second kappa shape index (κ2) is 5.05. The van der Waals surface area contributed by atoms with Crippen LogP contribution in [0.15, 0.2) is 34.0 Å². The molecule has 0 radical (unpaired) electrons. The number of aromatic nitrogens is 3. The first kappa shape index (κ1) is 12.2. The number of thioether (sulfide) groups is 1. The van der Waals surface area contributed by atoms with Crippen LogP contribution in [-0.2, 0) is 0 Å². The van der Waals surface area contributed by atoms with Crippen LogP contribution in [0.25, 0.3) is 5.82 Å². The quantitative estimate of drug-likeness (QED) is 0.796. The molecule has 1 aliphatic rings. The van der Waals surface area contributed by atoms with Crippen LogP contribution in [0.5, 0.6) is 0 Å². The van der Waals surface area contributed by atoms with E-state index in [9.17, 15) is 0 Å². The van der Waals surface area contributed by atoms with Gasteiger partial charge in [-0.2, -0.15) is 5.10 Å². The van der Waals surface area contributed by atoms with Crippen LogP contribution in [0.3, 0.4) is 0 Å². The Hall–Kier alpha value is -0.810. The second-order valence-corrected chi connectivity index (χ2v) is 6.62. The smallest absolute Gasteiger partial charge is 0.167 e. The Morgan fingerprint density at radius 2 is 2.28 bits per heavy atom. The monoisotopic (exact) mass is 323 g/mol. The number of rotatable bonds is 4. The molecule has 0 N–H and O–H groups in total. The highest BCUT2D eigenvalue weighted by atomic mass is 79.9. The minimum absolute atomic E-state index is 0.743. The van der Waals surface area contributed by atoms with Gasteiger partial charge in [0, 0.05) is 12.4 Å². The van der Waals surface area contributed by atoms with Crippen LogP contribution >= 0.6 is 27.7 Å². The third-order valence-corrected chi connectivity index (χ3v) is 4.28. The lowest BCUT2D eigenvalue weighted by Crippen LogP contribution is -2.01. The molecule has 5 heteroatoms. The van der Waals surface area contributed by atoms with Gasteiger partial charge in [0.25, 0.3) is 0 Å². The summed E-state index contributed by atoms with van der Waals surface area (Å²) in [6.45, 7) is 2.16. The maximum Gasteiger partial charge on any atom is 0.167 e. The minimum atomic E-state index is 0.743. The Morgan fingerprint density at radius 1 is 1.44 bits per heavy atom. The van der Waals surface area contributed by atoms with Crippen LogP contribution in [0.2, 0.25) is 0 Å². The predicted octanol–water partition coefficient (Wildman–Crippen LogP) is 4.02. The molecule has 2 aromatic rings. The summed E-state index contributed by atoms with van der Waals surface area (Å²) in [6.07, 6.45) is 8.35. The van der Waals surface area contributed by atoms with Gasteiger partial charge in [0.1, 0.15) is 0 Å². The molecule has 3 rings (SSSR count). The van der Waals surface area contributed by atoms with Crippen LogP contribution in [0, 0.1) is 0 Å². The van der Waals surface area contributed by atoms with Crippen molar-refractivity contribution in [1.82, 2.24) is 14.8 Å². The zero-order chi connectivity index (χ0) is 12.5. The van der Waals surface area contributed by atoms with Crippen molar-refractivity contribution in [3.63, 3.8) is 0 Å². The average molecular weight is 324 g/mol. The summed E-state index contributed by atoms with van der Waals surface area (Å²) in [7, 11) is 0. The Balaban J connectivity index is 2.01. The van der Waals surface area contributed by atoms with Crippen LogP contribution in [0.1, 0.15) is 31.2 Å². The number of halogens is 1. The van der Waals surface area contributed by atoms with Crippen molar-refractivity contribution in [2.75, 3.05) is 5.75 Å². The summed E-state index contributed by atoms with van der Waals surface area (Å²) in [5, 5.41) is 4.31. The van der Waals surface area contributed by atoms with Crippen molar-refractivity contribution < 1.29 is 0 Å². The maximum absolute atomic E-state index is 4.60. The summed E-state index contributed by atoms with van der Waals surface area (Å²) in [4.78, 5) is 5.82. The van der Waals surface area contributed by atoms with E-state index in [1.165, 1.54) is 23.3 Å². The molecule has 1 aliphatic carbocycles. The number of hydrogen-bond donors (Lipinski definition) is 0. The lowest BCUT2D eigenvalue weighted by Gasteiger charge is -2.09. The molecular formula is C13H14BrN3S. The normalized spacial score (nSPS) is 15.0. The van der Waals surface area contributed by atoms with Crippen molar-refractivity contribution in [3.8, 4) is 5.82 Å². The fraction of sp³-hybridized carbons (Fsp3) is 0.385. The first-order valence-electron chi connectivity index (χ1n) is 6.11. The molecule has 0 bridgehead atoms. The first-order valence-corrected chi connectivity index (χ1v) is 7.89. The van der Waals surface area contributed by atoms with Crippen LogP contribution < -0.4 is 0 Å². The van der Waals surface area contributed by atoms with Crippen molar-refractivity contribution in [2.45, 2.75) is 30.6 Å². The molecule has 0 saturated heterocycles. The highest BCUT2D eigenvalue weighted by molar-refractivity contribution is 9.10. The van der Waals surface area contributed by atoms with Gasteiger partial charge in [-0.15, -0.1) is 11.8 Å². The first-order chi connectivity index (χ1) is 8.78. The molecular weight excluding hydrogens is 310 g/mol.